The van der Waals surface area contributed by atoms with E-state index in [1.807, 2.05) is 0 Å². The second kappa shape index (κ2) is 7.01. The number of nitrogens with one attached hydrogen (secondary N) is 2. The van der Waals surface area contributed by atoms with E-state index in [-0.39, 0.29) is 24.6 Å². The lowest BCUT2D eigenvalue weighted by Gasteiger charge is -2.15. The van der Waals surface area contributed by atoms with Crippen LogP contribution in [0.4, 0.5) is 19.3 Å². The van der Waals surface area contributed by atoms with Crippen molar-refractivity contribution < 1.29 is 18.4 Å². The summed E-state index contributed by atoms with van der Waals surface area (Å²) < 4.78 is 26.3. The number of nitrogens with zero attached hydrogens (tertiary/aromatic N) is 1. The zero-order chi connectivity index (χ0) is 15.2. The molecule has 1 aromatic carbocycles. The van der Waals surface area contributed by atoms with Crippen LogP contribution in [-0.2, 0) is 4.79 Å². The average Bonchev–Trinajstić information content (AvgIpc) is 2.97. The second-order valence-corrected chi connectivity index (χ2v) is 4.84. The van der Waals surface area contributed by atoms with Crippen molar-refractivity contribution in [2.24, 2.45) is 0 Å². The topological polar surface area (TPSA) is 61.4 Å². The van der Waals surface area contributed by atoms with Crippen molar-refractivity contribution >= 4 is 17.6 Å². The molecule has 0 spiro atoms. The maximum atomic E-state index is 13.3. The van der Waals surface area contributed by atoms with E-state index < -0.39 is 17.7 Å². The number of hydrogen-bond donors (Lipinski definition) is 2. The maximum absolute atomic E-state index is 13.3. The van der Waals surface area contributed by atoms with Crippen LogP contribution in [0, 0.1) is 11.6 Å². The van der Waals surface area contributed by atoms with E-state index in [9.17, 15) is 18.4 Å². The van der Waals surface area contributed by atoms with Gasteiger partial charge in [-0.3, -0.25) is 4.79 Å². The third-order valence-electron chi connectivity index (χ3n) is 3.26. The molecular formula is C14H17F2N3O2. The summed E-state index contributed by atoms with van der Waals surface area (Å²) in [6.07, 6.45) is 2.22. The molecule has 0 aromatic heterocycles. The highest BCUT2D eigenvalue weighted by Gasteiger charge is 2.17. The van der Waals surface area contributed by atoms with Crippen LogP contribution in [0.2, 0.25) is 0 Å². The number of rotatable bonds is 4. The van der Waals surface area contributed by atoms with E-state index >= 15 is 0 Å². The summed E-state index contributed by atoms with van der Waals surface area (Å²) in [7, 11) is 0. The van der Waals surface area contributed by atoms with Crippen molar-refractivity contribution in [3.05, 3.63) is 29.8 Å². The fourth-order valence-corrected chi connectivity index (χ4v) is 2.17. The minimum atomic E-state index is -0.723. The Kier molecular flexibility index (Phi) is 5.08. The predicted molar refractivity (Wildman–Crippen MR) is 73.8 cm³/mol. The van der Waals surface area contributed by atoms with E-state index in [2.05, 4.69) is 10.6 Å². The summed E-state index contributed by atoms with van der Waals surface area (Å²) >= 11 is 0. The number of carbonyl (C=O) groups excluding carboxylic acids is 2. The smallest absolute Gasteiger partial charge is 0.319 e. The molecule has 21 heavy (non-hydrogen) atoms. The molecule has 2 N–H and O–H groups in total. The van der Waals surface area contributed by atoms with E-state index in [1.54, 1.807) is 4.90 Å². The van der Waals surface area contributed by atoms with Gasteiger partial charge >= 0.3 is 6.03 Å². The van der Waals surface area contributed by atoms with Gasteiger partial charge in [-0.25, -0.2) is 13.6 Å². The highest BCUT2D eigenvalue weighted by atomic mass is 19.1. The molecule has 1 fully saturated rings. The molecule has 3 amide bonds. The molecule has 0 bridgehead atoms. The Bertz CT molecular complexity index is 531. The van der Waals surface area contributed by atoms with Gasteiger partial charge in [0.1, 0.15) is 11.6 Å². The van der Waals surface area contributed by atoms with Crippen molar-refractivity contribution in [1.29, 1.82) is 0 Å². The summed E-state index contributed by atoms with van der Waals surface area (Å²) in [5.74, 6) is -1.37. The van der Waals surface area contributed by atoms with Crippen LogP contribution >= 0.6 is 0 Å². The molecule has 5 nitrogen and oxygen atoms in total. The molecule has 1 aliphatic rings. The molecule has 1 saturated heterocycles. The summed E-state index contributed by atoms with van der Waals surface area (Å²) in [6.45, 7) is 1.68. The van der Waals surface area contributed by atoms with Crippen LogP contribution < -0.4 is 10.6 Å². The molecule has 114 valence electrons. The van der Waals surface area contributed by atoms with Crippen LogP contribution in [0.5, 0.6) is 0 Å². The minimum absolute atomic E-state index is 0.00950. The highest BCUT2D eigenvalue weighted by Crippen LogP contribution is 2.14. The van der Waals surface area contributed by atoms with Crippen molar-refractivity contribution in [1.82, 2.24) is 10.2 Å². The number of carbonyl (C=O) groups is 2. The first-order chi connectivity index (χ1) is 10.1. The van der Waals surface area contributed by atoms with Crippen LogP contribution in [0.3, 0.4) is 0 Å². The third-order valence-corrected chi connectivity index (χ3v) is 3.26. The SMILES string of the molecule is O=C(NCCC(=O)N1CCCC1)Nc1cc(F)ccc1F. The number of hydrogen-bond acceptors (Lipinski definition) is 2. The average molecular weight is 297 g/mol. The van der Waals surface area contributed by atoms with Crippen LogP contribution in [0.25, 0.3) is 0 Å². The normalized spacial score (nSPS) is 14.1. The molecule has 0 aliphatic carbocycles. The first-order valence-corrected chi connectivity index (χ1v) is 6.84. The molecule has 0 radical (unpaired) electrons. The lowest BCUT2D eigenvalue weighted by atomic mass is 10.3. The fourth-order valence-electron chi connectivity index (χ4n) is 2.17. The quantitative estimate of drug-likeness (QED) is 0.894. The van der Waals surface area contributed by atoms with Gasteiger partial charge in [0.05, 0.1) is 5.69 Å². The van der Waals surface area contributed by atoms with Crippen LogP contribution in [0.15, 0.2) is 18.2 Å². The lowest BCUT2D eigenvalue weighted by Crippen LogP contribution is -2.34. The van der Waals surface area contributed by atoms with Crippen LogP contribution in [-0.4, -0.2) is 36.5 Å². The standard InChI is InChI=1S/C14H17F2N3O2/c15-10-3-4-11(16)12(9-10)18-14(21)17-6-5-13(20)19-7-1-2-8-19/h3-4,9H,1-2,5-8H2,(H2,17,18,21). The lowest BCUT2D eigenvalue weighted by molar-refractivity contribution is -0.129. The van der Waals surface area contributed by atoms with Gasteiger partial charge < -0.3 is 15.5 Å². The monoisotopic (exact) mass is 297 g/mol. The Morgan fingerprint density at radius 1 is 1.19 bits per heavy atom. The van der Waals surface area contributed by atoms with Crippen molar-refractivity contribution in [2.45, 2.75) is 19.3 Å². The first kappa shape index (κ1) is 15.2. The molecule has 1 aliphatic heterocycles. The largest absolute Gasteiger partial charge is 0.343 e. The van der Waals surface area contributed by atoms with Crippen molar-refractivity contribution in [3.8, 4) is 0 Å². The Morgan fingerprint density at radius 2 is 1.90 bits per heavy atom. The van der Waals surface area contributed by atoms with Gasteiger partial charge in [-0.15, -0.1) is 0 Å². The Balaban J connectivity index is 1.74. The van der Waals surface area contributed by atoms with Gasteiger partial charge in [-0.1, -0.05) is 0 Å². The molecule has 0 saturated carbocycles. The number of halogens is 2. The van der Waals surface area contributed by atoms with E-state index in [1.165, 1.54) is 0 Å². The molecule has 0 unspecified atom stereocenters. The zero-order valence-corrected chi connectivity index (χ0v) is 11.5. The molecular weight excluding hydrogens is 280 g/mol. The van der Waals surface area contributed by atoms with E-state index in [4.69, 9.17) is 0 Å². The summed E-state index contributed by atoms with van der Waals surface area (Å²) in [5.41, 5.74) is -0.238. The molecule has 7 heteroatoms. The Morgan fingerprint density at radius 3 is 2.62 bits per heavy atom. The molecule has 2 rings (SSSR count). The number of amides is 3. The van der Waals surface area contributed by atoms with Crippen molar-refractivity contribution in [2.75, 3.05) is 25.0 Å². The zero-order valence-electron chi connectivity index (χ0n) is 11.5. The van der Waals surface area contributed by atoms with Gasteiger partial charge in [0.25, 0.3) is 0 Å². The molecule has 1 aromatic rings. The van der Waals surface area contributed by atoms with Crippen molar-refractivity contribution in [3.63, 3.8) is 0 Å². The first-order valence-electron chi connectivity index (χ1n) is 6.84. The van der Waals surface area contributed by atoms with Crippen LogP contribution in [0.1, 0.15) is 19.3 Å². The van der Waals surface area contributed by atoms with Gasteiger partial charge in [0, 0.05) is 32.1 Å². The number of anilines is 1. The fraction of sp³-hybridized carbons (Fsp3) is 0.429. The highest BCUT2D eigenvalue weighted by molar-refractivity contribution is 5.89. The van der Waals surface area contributed by atoms with E-state index in [0.717, 1.165) is 44.1 Å². The van der Waals surface area contributed by atoms with E-state index in [0.29, 0.717) is 0 Å². The number of likely N-dealkylation sites (tertiary alicyclic amines) is 1. The second-order valence-electron chi connectivity index (χ2n) is 4.84. The summed E-state index contributed by atoms with van der Waals surface area (Å²) in [6, 6.07) is 2.12. The van der Waals surface area contributed by atoms with Gasteiger partial charge in [-0.2, -0.15) is 0 Å². The Labute approximate surface area is 121 Å². The summed E-state index contributed by atoms with van der Waals surface area (Å²) in [4.78, 5) is 25.0. The predicted octanol–water partition coefficient (Wildman–Crippen LogP) is 2.10. The minimum Gasteiger partial charge on any atom is -0.343 e. The molecule has 0 atom stereocenters. The molecule has 1 heterocycles. The van der Waals surface area contributed by atoms with Gasteiger partial charge in [-0.05, 0) is 25.0 Å². The maximum Gasteiger partial charge on any atom is 0.319 e. The number of benzene rings is 1. The van der Waals surface area contributed by atoms with Gasteiger partial charge in [0.2, 0.25) is 5.91 Å². The third kappa shape index (κ3) is 4.40. The Hall–Kier alpha value is -2.18. The summed E-state index contributed by atoms with van der Waals surface area (Å²) in [5, 5.41) is 4.65. The number of urea groups is 1. The van der Waals surface area contributed by atoms with Gasteiger partial charge in [0.15, 0.2) is 0 Å².